The van der Waals surface area contributed by atoms with E-state index >= 15 is 0 Å². The number of aliphatic hydroxyl groups excluding tert-OH is 1. The molecule has 1 aromatic heterocycles. The lowest BCUT2D eigenvalue weighted by atomic mass is 10.4. The van der Waals surface area contributed by atoms with Gasteiger partial charge in [0.25, 0.3) is 0 Å². The van der Waals surface area contributed by atoms with Gasteiger partial charge in [0.15, 0.2) is 0 Å². The Balaban J connectivity index is 2.50. The van der Waals surface area contributed by atoms with Gasteiger partial charge in [0.2, 0.25) is 0 Å². The maximum atomic E-state index is 8.74. The number of aryl methyl sites for hydroxylation is 1. The zero-order valence-corrected chi connectivity index (χ0v) is 6.53. The van der Waals surface area contributed by atoms with Gasteiger partial charge in [-0.25, -0.2) is 0 Å². The highest BCUT2D eigenvalue weighted by molar-refractivity contribution is 5.08. The Hall–Kier alpha value is -1.02. The highest BCUT2D eigenvalue weighted by Gasteiger charge is 1.92. The van der Waals surface area contributed by atoms with Gasteiger partial charge in [-0.1, -0.05) is 6.08 Å². The first-order valence-corrected chi connectivity index (χ1v) is 3.73. The van der Waals surface area contributed by atoms with Crippen molar-refractivity contribution in [2.75, 3.05) is 0 Å². The fourth-order valence-electron chi connectivity index (χ4n) is 0.964. The number of aliphatic hydroxyl groups is 1. The molecule has 1 rings (SSSR count). The largest absolute Gasteiger partial charge is 0.392 e. The van der Waals surface area contributed by atoms with E-state index in [1.54, 1.807) is 0 Å². The number of rotatable bonds is 4. The van der Waals surface area contributed by atoms with Crippen molar-refractivity contribution in [2.24, 2.45) is 0 Å². The molecule has 0 aromatic carbocycles. The van der Waals surface area contributed by atoms with E-state index in [0.29, 0.717) is 0 Å². The Morgan fingerprint density at radius 3 is 3.00 bits per heavy atom. The number of hydrogen-bond donors (Lipinski definition) is 1. The first-order valence-electron chi connectivity index (χ1n) is 3.73. The van der Waals surface area contributed by atoms with Crippen LogP contribution in [0.25, 0.3) is 0 Å². The van der Waals surface area contributed by atoms with Crippen LogP contribution in [-0.4, -0.2) is 9.67 Å². The number of aromatic nitrogens is 1. The molecule has 1 heterocycles. The summed E-state index contributed by atoms with van der Waals surface area (Å²) in [6.07, 6.45) is 6.77. The average molecular weight is 151 g/mol. The first-order chi connectivity index (χ1) is 5.36. The molecule has 0 saturated heterocycles. The summed E-state index contributed by atoms with van der Waals surface area (Å²) in [5, 5.41) is 8.74. The second-order valence-corrected chi connectivity index (χ2v) is 2.49. The molecule has 2 nitrogen and oxygen atoms in total. The van der Waals surface area contributed by atoms with E-state index in [9.17, 15) is 0 Å². The van der Waals surface area contributed by atoms with E-state index in [-0.39, 0.29) is 6.61 Å². The van der Waals surface area contributed by atoms with Crippen LogP contribution in [-0.2, 0) is 13.2 Å². The normalized spacial score (nSPS) is 9.91. The van der Waals surface area contributed by atoms with Crippen LogP contribution in [0.15, 0.2) is 31.1 Å². The van der Waals surface area contributed by atoms with Gasteiger partial charge in [0.1, 0.15) is 0 Å². The van der Waals surface area contributed by atoms with E-state index in [2.05, 4.69) is 6.58 Å². The van der Waals surface area contributed by atoms with Gasteiger partial charge < -0.3 is 9.67 Å². The van der Waals surface area contributed by atoms with Gasteiger partial charge in [-0.15, -0.1) is 6.58 Å². The van der Waals surface area contributed by atoms with E-state index in [1.165, 1.54) is 0 Å². The standard InChI is InChI=1S/C9H13NO/c1-2-3-5-10-6-4-9(7-10)8-11/h2,4,6-7,11H,1,3,5,8H2. The van der Waals surface area contributed by atoms with Crippen LogP contribution in [0, 0.1) is 0 Å². The molecule has 0 aliphatic carbocycles. The van der Waals surface area contributed by atoms with Crippen LogP contribution in [0.1, 0.15) is 12.0 Å². The molecule has 0 unspecified atom stereocenters. The molecule has 0 aliphatic heterocycles. The first kappa shape index (κ1) is 8.08. The van der Waals surface area contributed by atoms with Crippen LogP contribution in [0.2, 0.25) is 0 Å². The van der Waals surface area contributed by atoms with Crippen LogP contribution in [0.5, 0.6) is 0 Å². The molecule has 0 fully saturated rings. The molecule has 2 heteroatoms. The average Bonchev–Trinajstić information content (AvgIpc) is 2.48. The molecule has 60 valence electrons. The van der Waals surface area contributed by atoms with Crippen molar-refractivity contribution in [3.05, 3.63) is 36.7 Å². The Morgan fingerprint density at radius 2 is 2.45 bits per heavy atom. The summed E-state index contributed by atoms with van der Waals surface area (Å²) in [5.74, 6) is 0. The van der Waals surface area contributed by atoms with Gasteiger partial charge in [-0.3, -0.25) is 0 Å². The zero-order valence-electron chi connectivity index (χ0n) is 6.53. The predicted octanol–water partition coefficient (Wildman–Crippen LogP) is 1.56. The van der Waals surface area contributed by atoms with E-state index in [4.69, 9.17) is 5.11 Å². The summed E-state index contributed by atoms with van der Waals surface area (Å²) in [5.41, 5.74) is 0.967. The number of allylic oxidation sites excluding steroid dienone is 1. The van der Waals surface area contributed by atoms with Gasteiger partial charge in [0, 0.05) is 18.9 Å². The highest BCUT2D eigenvalue weighted by atomic mass is 16.3. The molecule has 0 aliphatic rings. The molecule has 1 aromatic rings. The quantitative estimate of drug-likeness (QED) is 0.649. The third-order valence-electron chi connectivity index (χ3n) is 1.59. The fraction of sp³-hybridized carbons (Fsp3) is 0.333. The summed E-state index contributed by atoms with van der Waals surface area (Å²) in [6, 6.07) is 1.92. The van der Waals surface area contributed by atoms with Crippen LogP contribution < -0.4 is 0 Å². The van der Waals surface area contributed by atoms with Gasteiger partial charge >= 0.3 is 0 Å². The molecule has 0 bridgehead atoms. The third kappa shape index (κ3) is 2.24. The van der Waals surface area contributed by atoms with Crippen molar-refractivity contribution >= 4 is 0 Å². The predicted molar refractivity (Wildman–Crippen MR) is 45.2 cm³/mol. The molecule has 0 atom stereocenters. The molecular formula is C9H13NO. The summed E-state index contributed by atoms with van der Waals surface area (Å²) in [7, 11) is 0. The lowest BCUT2D eigenvalue weighted by Crippen LogP contribution is -1.91. The second-order valence-electron chi connectivity index (χ2n) is 2.49. The number of hydrogen-bond acceptors (Lipinski definition) is 1. The van der Waals surface area contributed by atoms with Crippen molar-refractivity contribution in [3.8, 4) is 0 Å². The Labute approximate surface area is 66.8 Å². The van der Waals surface area contributed by atoms with E-state index < -0.39 is 0 Å². The van der Waals surface area contributed by atoms with Crippen molar-refractivity contribution in [3.63, 3.8) is 0 Å². The van der Waals surface area contributed by atoms with Crippen LogP contribution in [0.3, 0.4) is 0 Å². The molecule has 0 saturated carbocycles. The Morgan fingerprint density at radius 1 is 1.64 bits per heavy atom. The Bertz CT molecular complexity index is 227. The SMILES string of the molecule is C=CCCn1ccc(CO)c1. The van der Waals surface area contributed by atoms with Crippen LogP contribution >= 0.6 is 0 Å². The minimum absolute atomic E-state index is 0.126. The van der Waals surface area contributed by atoms with Crippen molar-refractivity contribution in [1.82, 2.24) is 4.57 Å². The molecule has 0 spiro atoms. The topological polar surface area (TPSA) is 25.2 Å². The molecule has 0 amide bonds. The lowest BCUT2D eigenvalue weighted by Gasteiger charge is -1.96. The summed E-state index contributed by atoms with van der Waals surface area (Å²) in [6.45, 7) is 4.71. The molecule has 0 radical (unpaired) electrons. The van der Waals surface area contributed by atoms with Crippen molar-refractivity contribution in [2.45, 2.75) is 19.6 Å². The van der Waals surface area contributed by atoms with E-state index in [0.717, 1.165) is 18.5 Å². The summed E-state index contributed by atoms with van der Waals surface area (Å²) >= 11 is 0. The van der Waals surface area contributed by atoms with Crippen molar-refractivity contribution in [1.29, 1.82) is 0 Å². The van der Waals surface area contributed by atoms with Gasteiger partial charge in [-0.05, 0) is 18.1 Å². The van der Waals surface area contributed by atoms with Crippen molar-refractivity contribution < 1.29 is 5.11 Å². The molecular weight excluding hydrogens is 138 g/mol. The maximum Gasteiger partial charge on any atom is 0.0696 e. The number of nitrogens with zero attached hydrogens (tertiary/aromatic N) is 1. The van der Waals surface area contributed by atoms with Crippen LogP contribution in [0.4, 0.5) is 0 Å². The third-order valence-corrected chi connectivity index (χ3v) is 1.59. The van der Waals surface area contributed by atoms with Gasteiger partial charge in [0.05, 0.1) is 6.61 Å². The highest BCUT2D eigenvalue weighted by Crippen LogP contribution is 2.01. The lowest BCUT2D eigenvalue weighted by molar-refractivity contribution is 0.281. The minimum Gasteiger partial charge on any atom is -0.392 e. The minimum atomic E-state index is 0.126. The van der Waals surface area contributed by atoms with E-state index in [1.807, 2.05) is 29.1 Å². The van der Waals surface area contributed by atoms with Gasteiger partial charge in [-0.2, -0.15) is 0 Å². The summed E-state index contributed by atoms with van der Waals surface area (Å²) in [4.78, 5) is 0. The monoisotopic (exact) mass is 151 g/mol. The smallest absolute Gasteiger partial charge is 0.0696 e. The fourth-order valence-corrected chi connectivity index (χ4v) is 0.964. The second kappa shape index (κ2) is 3.98. The molecule has 11 heavy (non-hydrogen) atoms. The zero-order chi connectivity index (χ0) is 8.10. The summed E-state index contributed by atoms with van der Waals surface area (Å²) < 4.78 is 2.05. The Kier molecular flexibility index (Phi) is 2.93. The molecule has 1 N–H and O–H groups in total. The maximum absolute atomic E-state index is 8.74.